The Morgan fingerprint density at radius 2 is 2.17 bits per heavy atom. The van der Waals surface area contributed by atoms with E-state index in [4.69, 9.17) is 9.72 Å². The lowest BCUT2D eigenvalue weighted by atomic mass is 10.0. The Labute approximate surface area is 147 Å². The number of benzene rings is 1. The van der Waals surface area contributed by atoms with Gasteiger partial charge in [0.05, 0.1) is 31.6 Å². The van der Waals surface area contributed by atoms with Gasteiger partial charge in [-0.25, -0.2) is 4.98 Å². The number of nitrogens with zero attached hydrogens (tertiary/aromatic N) is 2. The molecule has 1 N–H and O–H groups in total. The molecule has 0 saturated carbocycles. The third-order valence-corrected chi connectivity index (χ3v) is 6.15. The first kappa shape index (κ1) is 16.2. The molecule has 1 aliphatic carbocycles. The lowest BCUT2D eigenvalue weighted by Crippen LogP contribution is -2.45. The number of rotatable bonds is 5. The number of ether oxygens (including phenoxy) is 1. The van der Waals surface area contributed by atoms with Gasteiger partial charge in [0.25, 0.3) is 0 Å². The summed E-state index contributed by atoms with van der Waals surface area (Å²) < 4.78 is 5.68. The van der Waals surface area contributed by atoms with Crippen LogP contribution < -0.4 is 0 Å². The fourth-order valence-electron chi connectivity index (χ4n) is 3.67. The van der Waals surface area contributed by atoms with E-state index >= 15 is 0 Å². The van der Waals surface area contributed by atoms with Crippen molar-refractivity contribution in [2.24, 2.45) is 0 Å². The predicted molar refractivity (Wildman–Crippen MR) is 95.2 cm³/mol. The number of hydrogen-bond donors (Lipinski definition) is 1. The van der Waals surface area contributed by atoms with Crippen LogP contribution >= 0.6 is 11.3 Å². The lowest BCUT2D eigenvalue weighted by Gasteiger charge is -2.36. The van der Waals surface area contributed by atoms with Crippen LogP contribution in [0.5, 0.6) is 0 Å². The van der Waals surface area contributed by atoms with E-state index in [1.807, 2.05) is 41.7 Å². The molecule has 0 radical (unpaired) electrons. The molecule has 4 rings (SSSR count). The Balaban J connectivity index is 1.42. The first-order chi connectivity index (χ1) is 11.8. The Morgan fingerprint density at radius 3 is 3.00 bits per heavy atom. The number of aliphatic hydroxyl groups is 1. The Morgan fingerprint density at radius 1 is 1.29 bits per heavy atom. The minimum atomic E-state index is -0.443. The molecule has 2 aliphatic rings. The van der Waals surface area contributed by atoms with E-state index in [0.29, 0.717) is 13.0 Å². The van der Waals surface area contributed by atoms with Crippen molar-refractivity contribution in [3.63, 3.8) is 0 Å². The van der Waals surface area contributed by atoms with Crippen LogP contribution in [0.15, 0.2) is 30.3 Å². The molecule has 2 atom stereocenters. The average Bonchev–Trinajstić information content (AvgIpc) is 3.19. The monoisotopic (exact) mass is 344 g/mol. The maximum absolute atomic E-state index is 10.6. The van der Waals surface area contributed by atoms with Crippen LogP contribution in [0, 0.1) is 0 Å². The standard InChI is InChI=1S/C19H24N2O2S/c22-17(14-5-2-1-3-6-14)11-15-13-23-10-9-21(15)12-19-20-16-7-4-8-18(16)24-19/h1-3,5-6,15,17,22H,4,7-13H2. The van der Waals surface area contributed by atoms with Gasteiger partial charge < -0.3 is 9.84 Å². The number of morpholine rings is 1. The molecule has 2 unspecified atom stereocenters. The van der Waals surface area contributed by atoms with Crippen molar-refractivity contribution in [3.8, 4) is 0 Å². The minimum absolute atomic E-state index is 0.243. The number of aliphatic hydroxyl groups excluding tert-OH is 1. The smallest absolute Gasteiger partial charge is 0.107 e. The maximum atomic E-state index is 10.6. The zero-order valence-electron chi connectivity index (χ0n) is 13.9. The van der Waals surface area contributed by atoms with Crippen molar-refractivity contribution >= 4 is 11.3 Å². The van der Waals surface area contributed by atoms with Crippen LogP contribution in [-0.2, 0) is 24.1 Å². The van der Waals surface area contributed by atoms with Crippen LogP contribution in [0.3, 0.4) is 0 Å². The molecule has 0 amide bonds. The number of thiazole rings is 1. The van der Waals surface area contributed by atoms with Gasteiger partial charge in [0.15, 0.2) is 0 Å². The third kappa shape index (κ3) is 3.54. The van der Waals surface area contributed by atoms with Gasteiger partial charge >= 0.3 is 0 Å². The van der Waals surface area contributed by atoms with Gasteiger partial charge in [0.2, 0.25) is 0 Å². The van der Waals surface area contributed by atoms with Gasteiger partial charge in [0.1, 0.15) is 5.01 Å². The quantitative estimate of drug-likeness (QED) is 0.906. The van der Waals surface area contributed by atoms with Crippen molar-refractivity contribution in [2.45, 2.75) is 44.4 Å². The molecule has 0 bridgehead atoms. The minimum Gasteiger partial charge on any atom is -0.388 e. The summed E-state index contributed by atoms with van der Waals surface area (Å²) >= 11 is 1.88. The van der Waals surface area contributed by atoms with Crippen LogP contribution in [0.4, 0.5) is 0 Å². The summed E-state index contributed by atoms with van der Waals surface area (Å²) in [5.74, 6) is 0. The molecule has 2 heterocycles. The van der Waals surface area contributed by atoms with Crippen LogP contribution in [0.1, 0.15) is 40.1 Å². The molecule has 128 valence electrons. The summed E-state index contributed by atoms with van der Waals surface area (Å²) in [4.78, 5) is 8.75. The Hall–Kier alpha value is -1.27. The van der Waals surface area contributed by atoms with Gasteiger partial charge in [-0.1, -0.05) is 30.3 Å². The summed E-state index contributed by atoms with van der Waals surface area (Å²) in [6, 6.07) is 10.2. The molecule has 1 aromatic heterocycles. The number of hydrogen-bond acceptors (Lipinski definition) is 5. The highest BCUT2D eigenvalue weighted by molar-refractivity contribution is 7.11. The van der Waals surface area contributed by atoms with E-state index in [1.54, 1.807) is 0 Å². The molecule has 1 aromatic carbocycles. The first-order valence-electron chi connectivity index (χ1n) is 8.82. The van der Waals surface area contributed by atoms with E-state index in [2.05, 4.69) is 4.90 Å². The first-order valence-corrected chi connectivity index (χ1v) is 9.63. The zero-order chi connectivity index (χ0) is 16.4. The SMILES string of the molecule is OC(CC1COCCN1Cc1nc2c(s1)CCC2)c1ccccc1. The molecule has 4 nitrogen and oxygen atoms in total. The van der Waals surface area contributed by atoms with Crippen LogP contribution in [0.2, 0.25) is 0 Å². The molecule has 1 aliphatic heterocycles. The van der Waals surface area contributed by atoms with Crippen molar-refractivity contribution in [3.05, 3.63) is 51.5 Å². The summed E-state index contributed by atoms with van der Waals surface area (Å²) in [5, 5.41) is 11.8. The van der Waals surface area contributed by atoms with Gasteiger partial charge in [-0.15, -0.1) is 11.3 Å². The van der Waals surface area contributed by atoms with E-state index in [1.165, 1.54) is 28.4 Å². The molecule has 24 heavy (non-hydrogen) atoms. The van der Waals surface area contributed by atoms with Crippen molar-refractivity contribution in [1.29, 1.82) is 0 Å². The average molecular weight is 344 g/mol. The largest absolute Gasteiger partial charge is 0.388 e. The third-order valence-electron chi connectivity index (χ3n) is 5.01. The van der Waals surface area contributed by atoms with Crippen molar-refractivity contribution in [2.75, 3.05) is 19.8 Å². The van der Waals surface area contributed by atoms with Crippen molar-refractivity contribution < 1.29 is 9.84 Å². The summed E-state index contributed by atoms with van der Waals surface area (Å²) in [6.07, 6.45) is 3.87. The fourth-order valence-corrected chi connectivity index (χ4v) is 4.85. The normalized spacial score (nSPS) is 22.5. The second kappa shape index (κ2) is 7.31. The predicted octanol–water partition coefficient (Wildman–Crippen LogP) is 2.96. The number of aryl methyl sites for hydroxylation is 2. The number of aromatic nitrogens is 1. The summed E-state index contributed by atoms with van der Waals surface area (Å²) in [7, 11) is 0. The van der Waals surface area contributed by atoms with Gasteiger partial charge in [-0.3, -0.25) is 4.90 Å². The molecule has 5 heteroatoms. The zero-order valence-corrected chi connectivity index (χ0v) is 14.7. The molecule has 0 spiro atoms. The molecule has 2 aromatic rings. The van der Waals surface area contributed by atoms with Gasteiger partial charge in [0, 0.05) is 17.5 Å². The highest BCUT2D eigenvalue weighted by Crippen LogP contribution is 2.30. The maximum Gasteiger partial charge on any atom is 0.107 e. The van der Waals surface area contributed by atoms with Crippen molar-refractivity contribution in [1.82, 2.24) is 9.88 Å². The van der Waals surface area contributed by atoms with Crippen LogP contribution in [-0.4, -0.2) is 40.8 Å². The van der Waals surface area contributed by atoms with Gasteiger partial charge in [-0.05, 0) is 31.2 Å². The fraction of sp³-hybridized carbons (Fsp3) is 0.526. The van der Waals surface area contributed by atoms with E-state index < -0.39 is 6.10 Å². The van der Waals surface area contributed by atoms with E-state index in [9.17, 15) is 5.11 Å². The topological polar surface area (TPSA) is 45.6 Å². The Bertz CT molecular complexity index is 652. The molecular weight excluding hydrogens is 320 g/mol. The summed E-state index contributed by atoms with van der Waals surface area (Å²) in [6.45, 7) is 3.25. The summed E-state index contributed by atoms with van der Waals surface area (Å²) in [5.41, 5.74) is 2.31. The van der Waals surface area contributed by atoms with E-state index in [0.717, 1.165) is 31.7 Å². The lowest BCUT2D eigenvalue weighted by molar-refractivity contribution is -0.0300. The highest BCUT2D eigenvalue weighted by atomic mass is 32.1. The second-order valence-corrected chi connectivity index (χ2v) is 7.86. The second-order valence-electron chi connectivity index (χ2n) is 6.69. The van der Waals surface area contributed by atoms with Gasteiger partial charge in [-0.2, -0.15) is 0 Å². The molecular formula is C19H24N2O2S. The Kier molecular flexibility index (Phi) is 4.94. The van der Waals surface area contributed by atoms with Crippen LogP contribution in [0.25, 0.3) is 0 Å². The molecule has 1 fully saturated rings. The highest BCUT2D eigenvalue weighted by Gasteiger charge is 2.27. The molecule has 1 saturated heterocycles. The number of fused-ring (bicyclic) bond motifs is 1. The van der Waals surface area contributed by atoms with E-state index in [-0.39, 0.29) is 6.04 Å².